The highest BCUT2D eigenvalue weighted by Gasteiger charge is 2.20. The van der Waals surface area contributed by atoms with Crippen LogP contribution in [0.4, 0.5) is 4.39 Å². The maximum absolute atomic E-state index is 12.7. The van der Waals surface area contributed by atoms with Crippen molar-refractivity contribution >= 4 is 29.9 Å². The van der Waals surface area contributed by atoms with Crippen molar-refractivity contribution < 1.29 is 9.13 Å². The van der Waals surface area contributed by atoms with Gasteiger partial charge < -0.3 is 15.4 Å². The molecule has 2 N–H and O–H groups in total. The molecule has 1 aromatic rings. The molecule has 0 bridgehead atoms. The molecular formula is C17H27FIN3O. The van der Waals surface area contributed by atoms with Crippen LogP contribution in [-0.4, -0.2) is 32.2 Å². The Bertz CT molecular complexity index is 463. The summed E-state index contributed by atoms with van der Waals surface area (Å²) in [6.45, 7) is 5.41. The fourth-order valence-electron chi connectivity index (χ4n) is 2.02. The summed E-state index contributed by atoms with van der Waals surface area (Å²) in [5.74, 6) is 2.19. The highest BCUT2D eigenvalue weighted by atomic mass is 127. The molecule has 2 rings (SSSR count). The fourth-order valence-corrected chi connectivity index (χ4v) is 2.02. The van der Waals surface area contributed by atoms with Crippen LogP contribution in [0.2, 0.25) is 0 Å². The summed E-state index contributed by atoms with van der Waals surface area (Å²) in [5, 5.41) is 6.60. The number of benzene rings is 1. The van der Waals surface area contributed by atoms with Crippen molar-refractivity contribution in [2.24, 2.45) is 10.9 Å². The molecule has 0 atom stereocenters. The largest absolute Gasteiger partial charge is 0.494 e. The smallest absolute Gasteiger partial charge is 0.191 e. The Kier molecular flexibility index (Phi) is 9.98. The molecule has 6 heteroatoms. The molecule has 1 aliphatic carbocycles. The molecule has 1 fully saturated rings. The summed E-state index contributed by atoms with van der Waals surface area (Å²) in [7, 11) is 0. The van der Waals surface area contributed by atoms with Crippen molar-refractivity contribution in [2.45, 2.75) is 32.6 Å². The molecule has 0 amide bonds. The third-order valence-electron chi connectivity index (χ3n) is 3.49. The Morgan fingerprint density at radius 3 is 2.61 bits per heavy atom. The van der Waals surface area contributed by atoms with Crippen LogP contribution >= 0.6 is 24.0 Å². The number of halogens is 2. The molecule has 130 valence electrons. The molecule has 4 nitrogen and oxygen atoms in total. The summed E-state index contributed by atoms with van der Waals surface area (Å²) in [5.41, 5.74) is 0. The van der Waals surface area contributed by atoms with Crippen molar-refractivity contribution in [1.29, 1.82) is 0 Å². The van der Waals surface area contributed by atoms with Gasteiger partial charge in [0.2, 0.25) is 0 Å². The second kappa shape index (κ2) is 11.5. The highest BCUT2D eigenvalue weighted by molar-refractivity contribution is 14.0. The van der Waals surface area contributed by atoms with Crippen LogP contribution in [-0.2, 0) is 0 Å². The normalized spacial score (nSPS) is 14.1. The van der Waals surface area contributed by atoms with Crippen molar-refractivity contribution in [3.63, 3.8) is 0 Å². The predicted molar refractivity (Wildman–Crippen MR) is 103 cm³/mol. The molecule has 0 saturated heterocycles. The van der Waals surface area contributed by atoms with Crippen LogP contribution in [0.15, 0.2) is 29.3 Å². The van der Waals surface area contributed by atoms with E-state index in [0.29, 0.717) is 12.4 Å². The van der Waals surface area contributed by atoms with Gasteiger partial charge in [0.15, 0.2) is 5.96 Å². The number of hydrogen-bond donors (Lipinski definition) is 2. The zero-order valence-electron chi connectivity index (χ0n) is 13.7. The van der Waals surface area contributed by atoms with Crippen molar-refractivity contribution in [3.05, 3.63) is 30.1 Å². The monoisotopic (exact) mass is 435 g/mol. The first-order valence-electron chi connectivity index (χ1n) is 8.18. The number of unbranched alkanes of at least 4 members (excludes halogenated alkanes) is 1. The van der Waals surface area contributed by atoms with Gasteiger partial charge >= 0.3 is 0 Å². The minimum Gasteiger partial charge on any atom is -0.494 e. The number of aliphatic imine (C=N–C) groups is 1. The van der Waals surface area contributed by atoms with Crippen LogP contribution in [0.5, 0.6) is 5.75 Å². The molecule has 0 aromatic heterocycles. The lowest BCUT2D eigenvalue weighted by molar-refractivity contribution is 0.306. The summed E-state index contributed by atoms with van der Waals surface area (Å²) in [4.78, 5) is 4.58. The Morgan fingerprint density at radius 2 is 1.96 bits per heavy atom. The van der Waals surface area contributed by atoms with Crippen molar-refractivity contribution in [1.82, 2.24) is 10.6 Å². The van der Waals surface area contributed by atoms with E-state index in [1.807, 2.05) is 0 Å². The lowest BCUT2D eigenvalue weighted by Crippen LogP contribution is -2.38. The average Bonchev–Trinajstić information content (AvgIpc) is 3.34. The third-order valence-corrected chi connectivity index (χ3v) is 3.49. The lowest BCUT2D eigenvalue weighted by Gasteiger charge is -2.11. The minimum atomic E-state index is -0.238. The molecule has 0 spiro atoms. The van der Waals surface area contributed by atoms with Gasteiger partial charge in [-0.15, -0.1) is 24.0 Å². The lowest BCUT2D eigenvalue weighted by atomic mass is 10.3. The topological polar surface area (TPSA) is 45.7 Å². The van der Waals surface area contributed by atoms with E-state index in [0.717, 1.165) is 44.4 Å². The quantitative estimate of drug-likeness (QED) is 0.270. The Balaban J connectivity index is 0.00000264. The van der Waals surface area contributed by atoms with Gasteiger partial charge in [0.1, 0.15) is 11.6 Å². The maximum Gasteiger partial charge on any atom is 0.191 e. The number of rotatable bonds is 9. The summed E-state index contributed by atoms with van der Waals surface area (Å²) < 4.78 is 18.3. The number of guanidine groups is 1. The van der Waals surface area contributed by atoms with Gasteiger partial charge in [0.05, 0.1) is 6.61 Å². The van der Waals surface area contributed by atoms with Crippen LogP contribution in [0.25, 0.3) is 0 Å². The highest BCUT2D eigenvalue weighted by Crippen LogP contribution is 2.28. The number of nitrogens with zero attached hydrogens (tertiary/aromatic N) is 1. The summed E-state index contributed by atoms with van der Waals surface area (Å²) in [6, 6.07) is 6.13. The summed E-state index contributed by atoms with van der Waals surface area (Å²) >= 11 is 0. The minimum absolute atomic E-state index is 0. The van der Waals surface area contributed by atoms with Crippen LogP contribution in [0.3, 0.4) is 0 Å². The van der Waals surface area contributed by atoms with Gasteiger partial charge in [0.25, 0.3) is 0 Å². The van der Waals surface area contributed by atoms with Gasteiger partial charge in [-0.25, -0.2) is 4.39 Å². The van der Waals surface area contributed by atoms with E-state index in [9.17, 15) is 4.39 Å². The number of hydrogen-bond acceptors (Lipinski definition) is 2. The third kappa shape index (κ3) is 8.98. The molecule has 0 aliphatic heterocycles. The van der Waals surface area contributed by atoms with Crippen LogP contribution in [0, 0.1) is 11.7 Å². The van der Waals surface area contributed by atoms with E-state index in [2.05, 4.69) is 22.5 Å². The molecular weight excluding hydrogens is 408 g/mol. The van der Waals surface area contributed by atoms with Gasteiger partial charge in [-0.05, 0) is 62.8 Å². The van der Waals surface area contributed by atoms with Gasteiger partial charge in [-0.1, -0.05) is 0 Å². The summed E-state index contributed by atoms with van der Waals surface area (Å²) in [6.07, 6.45) is 4.61. The van der Waals surface area contributed by atoms with Crippen LogP contribution in [0.1, 0.15) is 32.6 Å². The van der Waals surface area contributed by atoms with E-state index in [-0.39, 0.29) is 29.8 Å². The first kappa shape index (κ1) is 20.0. The molecule has 0 heterocycles. The van der Waals surface area contributed by atoms with E-state index in [1.54, 1.807) is 12.1 Å². The molecule has 1 saturated carbocycles. The zero-order valence-corrected chi connectivity index (χ0v) is 16.0. The van der Waals surface area contributed by atoms with Crippen molar-refractivity contribution in [2.75, 3.05) is 26.2 Å². The van der Waals surface area contributed by atoms with Gasteiger partial charge in [0, 0.05) is 19.6 Å². The van der Waals surface area contributed by atoms with E-state index < -0.39 is 0 Å². The molecule has 23 heavy (non-hydrogen) atoms. The molecule has 0 unspecified atom stereocenters. The SMILES string of the molecule is CCNC(=NCC1CC1)NCCCCOc1ccc(F)cc1.I. The van der Waals surface area contributed by atoms with E-state index in [1.165, 1.54) is 25.0 Å². The van der Waals surface area contributed by atoms with Gasteiger partial charge in [-0.2, -0.15) is 0 Å². The predicted octanol–water partition coefficient (Wildman–Crippen LogP) is 3.57. The number of ether oxygens (including phenoxy) is 1. The average molecular weight is 435 g/mol. The molecule has 1 aromatic carbocycles. The maximum atomic E-state index is 12.7. The fraction of sp³-hybridized carbons (Fsp3) is 0.588. The second-order valence-electron chi connectivity index (χ2n) is 5.60. The first-order valence-corrected chi connectivity index (χ1v) is 8.18. The Labute approximate surface area is 155 Å². The van der Waals surface area contributed by atoms with E-state index in [4.69, 9.17) is 4.74 Å². The Hall–Kier alpha value is -1.05. The second-order valence-corrected chi connectivity index (χ2v) is 5.60. The van der Waals surface area contributed by atoms with Crippen molar-refractivity contribution in [3.8, 4) is 5.75 Å². The zero-order chi connectivity index (χ0) is 15.6. The van der Waals surface area contributed by atoms with Gasteiger partial charge in [-0.3, -0.25) is 4.99 Å². The first-order chi connectivity index (χ1) is 10.8. The number of nitrogens with one attached hydrogen (secondary N) is 2. The molecule has 1 aliphatic rings. The standard InChI is InChI=1S/C17H26FN3O.HI/c1-2-19-17(21-13-14-5-6-14)20-11-3-4-12-22-16-9-7-15(18)8-10-16;/h7-10,14H,2-6,11-13H2,1H3,(H2,19,20,21);1H. The molecule has 0 radical (unpaired) electrons. The van der Waals surface area contributed by atoms with E-state index >= 15 is 0 Å². The Morgan fingerprint density at radius 1 is 1.22 bits per heavy atom. The van der Waals surface area contributed by atoms with Crippen LogP contribution < -0.4 is 15.4 Å².